The van der Waals surface area contributed by atoms with Crippen molar-refractivity contribution in [2.24, 2.45) is 0 Å². The predicted molar refractivity (Wildman–Crippen MR) is 80.6 cm³/mol. The van der Waals surface area contributed by atoms with Crippen LogP contribution in [0.5, 0.6) is 0 Å². The van der Waals surface area contributed by atoms with E-state index in [0.717, 1.165) is 23.7 Å². The third-order valence-electron chi connectivity index (χ3n) is 3.89. The Labute approximate surface area is 137 Å². The second kappa shape index (κ2) is 7.80. The van der Waals surface area contributed by atoms with Crippen LogP contribution in [-0.2, 0) is 22.3 Å². The van der Waals surface area contributed by atoms with E-state index in [0.29, 0.717) is 32.0 Å². The van der Waals surface area contributed by atoms with Gasteiger partial charge in [-0.1, -0.05) is 0 Å². The van der Waals surface area contributed by atoms with Crippen LogP contribution in [0.15, 0.2) is 23.1 Å². The first kappa shape index (κ1) is 18.5. The molecule has 0 spiro atoms. The average molecular weight is 347 g/mol. The van der Waals surface area contributed by atoms with Gasteiger partial charge in [0.1, 0.15) is 6.54 Å². The molecule has 0 radical (unpaired) electrons. The van der Waals surface area contributed by atoms with E-state index in [4.69, 9.17) is 4.74 Å². The van der Waals surface area contributed by atoms with Crippen LogP contribution >= 0.6 is 0 Å². The van der Waals surface area contributed by atoms with Crippen molar-refractivity contribution >= 4 is 5.91 Å². The highest BCUT2D eigenvalue weighted by Crippen LogP contribution is 2.27. The van der Waals surface area contributed by atoms with E-state index in [-0.39, 0.29) is 6.04 Å². The van der Waals surface area contributed by atoms with E-state index < -0.39 is 29.8 Å². The monoisotopic (exact) mass is 347 g/mol. The van der Waals surface area contributed by atoms with Gasteiger partial charge < -0.3 is 14.6 Å². The van der Waals surface area contributed by atoms with Gasteiger partial charge >= 0.3 is 6.18 Å². The van der Waals surface area contributed by atoms with Crippen molar-refractivity contribution in [2.75, 3.05) is 32.8 Å². The lowest BCUT2D eigenvalue weighted by molar-refractivity contribution is -0.138. The number of halogens is 3. The zero-order chi connectivity index (χ0) is 17.7. The summed E-state index contributed by atoms with van der Waals surface area (Å²) in [6, 6.07) is 1.60. The average Bonchev–Trinajstić information content (AvgIpc) is 2.54. The Morgan fingerprint density at radius 2 is 2.00 bits per heavy atom. The number of rotatable bonds is 5. The van der Waals surface area contributed by atoms with Gasteiger partial charge in [0.15, 0.2) is 0 Å². The maximum atomic E-state index is 12.7. The van der Waals surface area contributed by atoms with Crippen LogP contribution in [0.1, 0.15) is 12.5 Å². The highest BCUT2D eigenvalue weighted by molar-refractivity contribution is 5.75. The third-order valence-corrected chi connectivity index (χ3v) is 3.89. The summed E-state index contributed by atoms with van der Waals surface area (Å²) in [5.74, 6) is -0.503. The number of hydrogen-bond donors (Lipinski definition) is 1. The van der Waals surface area contributed by atoms with Gasteiger partial charge in [0.05, 0.1) is 18.8 Å². The molecule has 1 aliphatic heterocycles. The molecule has 1 amide bonds. The smallest absolute Gasteiger partial charge is 0.379 e. The highest BCUT2D eigenvalue weighted by Gasteiger charge is 2.31. The van der Waals surface area contributed by atoms with Crippen LogP contribution in [-0.4, -0.2) is 54.3 Å². The number of alkyl halides is 3. The van der Waals surface area contributed by atoms with E-state index in [2.05, 4.69) is 10.2 Å². The number of nitrogens with zero attached hydrogens (tertiary/aromatic N) is 2. The SMILES string of the molecule is C[C@@H](CNC(=O)Cn1cc(C(F)(F)F)ccc1=O)N1CCOCC1. The third kappa shape index (κ3) is 5.07. The maximum Gasteiger partial charge on any atom is 0.417 e. The van der Waals surface area contributed by atoms with E-state index in [1.54, 1.807) is 0 Å². The first-order chi connectivity index (χ1) is 11.3. The Morgan fingerprint density at radius 3 is 2.62 bits per heavy atom. The minimum Gasteiger partial charge on any atom is -0.379 e. The number of aromatic nitrogens is 1. The maximum absolute atomic E-state index is 12.7. The van der Waals surface area contributed by atoms with Gasteiger partial charge in [-0.2, -0.15) is 13.2 Å². The van der Waals surface area contributed by atoms with Gasteiger partial charge in [-0.3, -0.25) is 14.5 Å². The number of morpholine rings is 1. The van der Waals surface area contributed by atoms with Crippen LogP contribution in [0.4, 0.5) is 13.2 Å². The van der Waals surface area contributed by atoms with Gasteiger partial charge in [-0.05, 0) is 13.0 Å². The molecule has 2 rings (SSSR count). The van der Waals surface area contributed by atoms with Gasteiger partial charge in [-0.15, -0.1) is 0 Å². The fourth-order valence-corrected chi connectivity index (χ4v) is 2.44. The van der Waals surface area contributed by atoms with E-state index in [1.165, 1.54) is 0 Å². The van der Waals surface area contributed by atoms with E-state index in [1.807, 2.05) is 6.92 Å². The summed E-state index contributed by atoms with van der Waals surface area (Å²) in [4.78, 5) is 25.7. The Bertz CT molecular complexity index is 624. The van der Waals surface area contributed by atoms with Crippen LogP contribution < -0.4 is 10.9 Å². The van der Waals surface area contributed by atoms with Gasteiger partial charge in [0.25, 0.3) is 5.56 Å². The molecule has 0 saturated carbocycles. The molecule has 2 heterocycles. The van der Waals surface area contributed by atoms with Crippen molar-refractivity contribution in [2.45, 2.75) is 25.7 Å². The summed E-state index contributed by atoms with van der Waals surface area (Å²) in [5.41, 5.74) is -1.61. The number of carbonyl (C=O) groups excluding carboxylic acids is 1. The number of amides is 1. The second-order valence-electron chi connectivity index (χ2n) is 5.68. The lowest BCUT2D eigenvalue weighted by Crippen LogP contribution is -2.47. The van der Waals surface area contributed by atoms with Crippen LogP contribution in [0.2, 0.25) is 0 Å². The quantitative estimate of drug-likeness (QED) is 0.852. The van der Waals surface area contributed by atoms with Crippen LogP contribution in [0.3, 0.4) is 0 Å². The molecule has 1 fully saturated rings. The molecule has 6 nitrogen and oxygen atoms in total. The van der Waals surface area contributed by atoms with E-state index in [9.17, 15) is 22.8 Å². The van der Waals surface area contributed by atoms with Gasteiger partial charge in [0.2, 0.25) is 5.91 Å². The molecule has 0 aromatic carbocycles. The number of carbonyl (C=O) groups is 1. The first-order valence-corrected chi connectivity index (χ1v) is 7.63. The van der Waals surface area contributed by atoms with Crippen molar-refractivity contribution in [3.63, 3.8) is 0 Å². The molecule has 1 aromatic rings. The minimum absolute atomic E-state index is 0.0797. The van der Waals surface area contributed by atoms with E-state index >= 15 is 0 Å². The molecule has 0 unspecified atom stereocenters. The number of nitrogens with one attached hydrogen (secondary N) is 1. The molecule has 1 saturated heterocycles. The van der Waals surface area contributed by atoms with Crippen molar-refractivity contribution < 1.29 is 22.7 Å². The van der Waals surface area contributed by atoms with Crippen LogP contribution in [0.25, 0.3) is 0 Å². The first-order valence-electron chi connectivity index (χ1n) is 7.63. The zero-order valence-corrected chi connectivity index (χ0v) is 13.3. The number of ether oxygens (including phenoxy) is 1. The summed E-state index contributed by atoms with van der Waals surface area (Å²) in [6.07, 6.45) is -3.90. The number of hydrogen-bond acceptors (Lipinski definition) is 4. The largest absolute Gasteiger partial charge is 0.417 e. The van der Waals surface area contributed by atoms with Crippen molar-refractivity contribution in [1.29, 1.82) is 0 Å². The molecule has 1 atom stereocenters. The lowest BCUT2D eigenvalue weighted by atomic mass is 10.2. The molecule has 1 aliphatic rings. The molecular weight excluding hydrogens is 327 g/mol. The molecule has 1 N–H and O–H groups in total. The van der Waals surface area contributed by atoms with Crippen LogP contribution in [0, 0.1) is 0 Å². The molecule has 1 aromatic heterocycles. The van der Waals surface area contributed by atoms with Gasteiger partial charge in [0, 0.05) is 37.9 Å². The Balaban J connectivity index is 1.91. The topological polar surface area (TPSA) is 63.6 Å². The zero-order valence-electron chi connectivity index (χ0n) is 13.3. The molecule has 0 aliphatic carbocycles. The fraction of sp³-hybridized carbons (Fsp3) is 0.600. The summed E-state index contributed by atoms with van der Waals surface area (Å²) >= 11 is 0. The van der Waals surface area contributed by atoms with Crippen molar-refractivity contribution in [1.82, 2.24) is 14.8 Å². The predicted octanol–water partition coefficient (Wildman–Crippen LogP) is 0.704. The molecule has 24 heavy (non-hydrogen) atoms. The van der Waals surface area contributed by atoms with Crippen molar-refractivity contribution in [3.05, 3.63) is 34.2 Å². The summed E-state index contributed by atoms with van der Waals surface area (Å²) in [5, 5.41) is 2.65. The lowest BCUT2D eigenvalue weighted by Gasteiger charge is -2.32. The molecule has 9 heteroatoms. The minimum atomic E-state index is -4.56. The molecule has 0 bridgehead atoms. The summed E-state index contributed by atoms with van der Waals surface area (Å²) in [6.45, 7) is 4.66. The Hall–Kier alpha value is -1.87. The van der Waals surface area contributed by atoms with Gasteiger partial charge in [-0.25, -0.2) is 0 Å². The normalized spacial score (nSPS) is 17.5. The Morgan fingerprint density at radius 1 is 1.33 bits per heavy atom. The Kier molecular flexibility index (Phi) is 6.00. The second-order valence-corrected chi connectivity index (χ2v) is 5.68. The number of pyridine rings is 1. The highest BCUT2D eigenvalue weighted by atomic mass is 19.4. The fourth-order valence-electron chi connectivity index (χ4n) is 2.44. The summed E-state index contributed by atoms with van der Waals surface area (Å²) < 4.78 is 44.0. The van der Waals surface area contributed by atoms with Crippen molar-refractivity contribution in [3.8, 4) is 0 Å². The standard InChI is InChI=1S/C15H20F3N3O3/c1-11(20-4-6-24-7-5-20)8-19-13(22)10-21-9-12(15(16,17)18)2-3-14(21)23/h2-3,9,11H,4-8,10H2,1H3,(H,19,22)/t11-/m0/s1. The summed E-state index contributed by atoms with van der Waals surface area (Å²) in [7, 11) is 0. The molecular formula is C15H20F3N3O3. The molecule has 134 valence electrons.